The topological polar surface area (TPSA) is 91.4 Å². The molecule has 2 rings (SSSR count). The number of carbonyl (C=O) groups is 1. The number of nitrogens with two attached hydrogens (primary N) is 1. The fourth-order valence-corrected chi connectivity index (χ4v) is 3.62. The Morgan fingerprint density at radius 2 is 2.43 bits per heavy atom. The van der Waals surface area contributed by atoms with E-state index in [0.717, 1.165) is 26.1 Å². The monoisotopic (exact) mass is 308 g/mol. The molecule has 0 radical (unpaired) electrons. The quantitative estimate of drug-likeness (QED) is 0.807. The van der Waals surface area contributed by atoms with Crippen molar-refractivity contribution in [2.45, 2.75) is 25.8 Å². The minimum absolute atomic E-state index is 0.204. The molecule has 2 heterocycles. The van der Waals surface area contributed by atoms with Gasteiger partial charge in [0, 0.05) is 12.6 Å². The summed E-state index contributed by atoms with van der Waals surface area (Å²) in [7, 11) is 1.31. The molecule has 0 bridgehead atoms. The number of thiophene rings is 1. The molecule has 1 aliphatic heterocycles. The molecule has 0 aromatic carbocycles. The van der Waals surface area contributed by atoms with Crippen LogP contribution < -0.4 is 11.1 Å². The number of methoxy groups -OCH3 is 1. The summed E-state index contributed by atoms with van der Waals surface area (Å²) < 4.78 is 4.76. The summed E-state index contributed by atoms with van der Waals surface area (Å²) in [5.41, 5.74) is 6.35. The zero-order valence-electron chi connectivity index (χ0n) is 12.3. The zero-order valence-corrected chi connectivity index (χ0v) is 13.1. The van der Waals surface area contributed by atoms with E-state index in [0.29, 0.717) is 15.9 Å². The fourth-order valence-electron chi connectivity index (χ4n) is 2.71. The number of likely N-dealkylation sites (tertiary alicyclic amines) is 1. The molecule has 21 heavy (non-hydrogen) atoms. The van der Waals surface area contributed by atoms with Gasteiger partial charge in [0.1, 0.15) is 21.5 Å². The number of hydrogen-bond acceptors (Lipinski definition) is 7. The van der Waals surface area contributed by atoms with Gasteiger partial charge in [0.2, 0.25) is 0 Å². The third-order valence-electron chi connectivity index (χ3n) is 3.84. The van der Waals surface area contributed by atoms with Crippen molar-refractivity contribution < 1.29 is 9.53 Å². The molecule has 3 N–H and O–H groups in total. The normalized spacial score (nSPS) is 18.4. The summed E-state index contributed by atoms with van der Waals surface area (Å²) in [6.07, 6.45) is 2.33. The minimum Gasteiger partial charge on any atom is -0.465 e. The first kappa shape index (κ1) is 15.6. The standard InChI is InChI=1S/C14H20N4O2S/c1-3-18-6-4-5-9(18)8-17-13-11(14(19)20-2)12(16)10(7-15)21-13/h9,17H,3-6,8,16H2,1-2H3. The summed E-state index contributed by atoms with van der Waals surface area (Å²) in [5, 5.41) is 13.0. The van der Waals surface area contributed by atoms with E-state index in [2.05, 4.69) is 17.1 Å². The third kappa shape index (κ3) is 3.12. The molecule has 1 aromatic heterocycles. The lowest BCUT2D eigenvalue weighted by molar-refractivity contribution is 0.0603. The number of likely N-dealkylation sites (N-methyl/N-ethyl adjacent to an activating group) is 1. The number of anilines is 2. The zero-order chi connectivity index (χ0) is 15.4. The van der Waals surface area contributed by atoms with E-state index >= 15 is 0 Å². The van der Waals surface area contributed by atoms with E-state index in [1.54, 1.807) is 0 Å². The van der Waals surface area contributed by atoms with Crippen molar-refractivity contribution in [1.29, 1.82) is 5.26 Å². The summed E-state index contributed by atoms with van der Waals surface area (Å²) in [4.78, 5) is 14.6. The van der Waals surface area contributed by atoms with Crippen LogP contribution in [-0.2, 0) is 4.74 Å². The minimum atomic E-state index is -0.508. The lowest BCUT2D eigenvalue weighted by atomic mass is 10.2. The Kier molecular flexibility index (Phi) is 5.04. The summed E-state index contributed by atoms with van der Waals surface area (Å²) in [5.74, 6) is -0.508. The highest BCUT2D eigenvalue weighted by molar-refractivity contribution is 7.17. The second kappa shape index (κ2) is 6.78. The van der Waals surface area contributed by atoms with Crippen LogP contribution in [0.2, 0.25) is 0 Å². The van der Waals surface area contributed by atoms with Gasteiger partial charge in [0.15, 0.2) is 0 Å². The van der Waals surface area contributed by atoms with Gasteiger partial charge in [0.25, 0.3) is 0 Å². The molecule has 1 fully saturated rings. The Morgan fingerprint density at radius 3 is 3.05 bits per heavy atom. The van der Waals surface area contributed by atoms with Crippen LogP contribution in [0.15, 0.2) is 0 Å². The largest absolute Gasteiger partial charge is 0.465 e. The second-order valence-corrected chi connectivity index (χ2v) is 5.98. The molecule has 1 saturated heterocycles. The molecule has 0 aliphatic carbocycles. The maximum Gasteiger partial charge on any atom is 0.343 e. The maximum atomic E-state index is 11.8. The molecular formula is C14H20N4O2S. The molecule has 6 nitrogen and oxygen atoms in total. The first-order valence-electron chi connectivity index (χ1n) is 7.00. The number of ether oxygens (including phenoxy) is 1. The number of rotatable bonds is 5. The summed E-state index contributed by atoms with van der Waals surface area (Å²) in [6.45, 7) is 5.02. The van der Waals surface area contributed by atoms with Crippen molar-refractivity contribution in [2.24, 2.45) is 0 Å². The first-order valence-corrected chi connectivity index (χ1v) is 7.82. The van der Waals surface area contributed by atoms with Gasteiger partial charge in [-0.15, -0.1) is 11.3 Å². The van der Waals surface area contributed by atoms with E-state index in [1.807, 2.05) is 6.07 Å². The fraction of sp³-hybridized carbons (Fsp3) is 0.571. The van der Waals surface area contributed by atoms with Crippen molar-refractivity contribution in [1.82, 2.24) is 4.90 Å². The number of esters is 1. The lowest BCUT2D eigenvalue weighted by Crippen LogP contribution is -2.34. The Labute approximate surface area is 128 Å². The number of nitrogen functional groups attached to an aromatic ring is 1. The molecule has 7 heteroatoms. The number of hydrogen-bond donors (Lipinski definition) is 2. The molecule has 114 valence electrons. The highest BCUT2D eigenvalue weighted by Crippen LogP contribution is 2.36. The van der Waals surface area contributed by atoms with Crippen LogP contribution in [0.4, 0.5) is 10.7 Å². The Bertz CT molecular complexity index is 564. The molecule has 1 unspecified atom stereocenters. The van der Waals surface area contributed by atoms with Crippen molar-refractivity contribution in [3.63, 3.8) is 0 Å². The van der Waals surface area contributed by atoms with Gasteiger partial charge in [0.05, 0.1) is 12.8 Å². The molecular weight excluding hydrogens is 288 g/mol. The molecule has 0 amide bonds. The van der Waals surface area contributed by atoms with Gasteiger partial charge in [-0.05, 0) is 25.9 Å². The van der Waals surface area contributed by atoms with Crippen LogP contribution in [0, 0.1) is 11.3 Å². The van der Waals surface area contributed by atoms with E-state index in [1.165, 1.54) is 24.9 Å². The number of carbonyl (C=O) groups excluding carboxylic acids is 1. The highest BCUT2D eigenvalue weighted by Gasteiger charge is 2.26. The van der Waals surface area contributed by atoms with Crippen molar-refractivity contribution in [3.05, 3.63) is 10.4 Å². The van der Waals surface area contributed by atoms with Crippen LogP contribution in [0.1, 0.15) is 35.0 Å². The maximum absolute atomic E-state index is 11.8. The van der Waals surface area contributed by atoms with Crippen LogP contribution in [-0.4, -0.2) is 43.7 Å². The SMILES string of the molecule is CCN1CCCC1CNc1sc(C#N)c(N)c1C(=O)OC. The van der Waals surface area contributed by atoms with Crippen molar-refractivity contribution in [3.8, 4) is 6.07 Å². The number of nitrogens with one attached hydrogen (secondary N) is 1. The predicted octanol–water partition coefficient (Wildman–Crippen LogP) is 1.88. The smallest absolute Gasteiger partial charge is 0.343 e. The van der Waals surface area contributed by atoms with E-state index in [9.17, 15) is 4.79 Å². The summed E-state index contributed by atoms with van der Waals surface area (Å²) in [6, 6.07) is 2.47. The van der Waals surface area contributed by atoms with Gasteiger partial charge in [-0.2, -0.15) is 5.26 Å². The second-order valence-electron chi connectivity index (χ2n) is 4.96. The average molecular weight is 308 g/mol. The van der Waals surface area contributed by atoms with E-state index < -0.39 is 5.97 Å². The molecule has 1 aromatic rings. The van der Waals surface area contributed by atoms with Gasteiger partial charge >= 0.3 is 5.97 Å². The van der Waals surface area contributed by atoms with Crippen LogP contribution in [0.25, 0.3) is 0 Å². The van der Waals surface area contributed by atoms with Crippen molar-refractivity contribution in [2.75, 3.05) is 37.8 Å². The predicted molar refractivity (Wildman–Crippen MR) is 83.5 cm³/mol. The number of nitrogens with zero attached hydrogens (tertiary/aromatic N) is 2. The van der Waals surface area contributed by atoms with Crippen LogP contribution >= 0.6 is 11.3 Å². The van der Waals surface area contributed by atoms with Crippen molar-refractivity contribution >= 4 is 28.0 Å². The van der Waals surface area contributed by atoms with Gasteiger partial charge in [-0.1, -0.05) is 6.92 Å². The molecule has 1 atom stereocenters. The average Bonchev–Trinajstić information content (AvgIpc) is 3.08. The summed E-state index contributed by atoms with van der Waals surface area (Å²) >= 11 is 1.21. The Hall–Kier alpha value is -1.78. The van der Waals surface area contributed by atoms with Gasteiger partial charge < -0.3 is 15.8 Å². The van der Waals surface area contributed by atoms with E-state index in [4.69, 9.17) is 15.7 Å². The molecule has 0 saturated carbocycles. The van der Waals surface area contributed by atoms with E-state index in [-0.39, 0.29) is 11.3 Å². The Balaban J connectivity index is 2.16. The van der Waals surface area contributed by atoms with Crippen LogP contribution in [0.5, 0.6) is 0 Å². The third-order valence-corrected chi connectivity index (χ3v) is 4.91. The number of nitriles is 1. The molecule has 0 spiro atoms. The first-order chi connectivity index (χ1) is 10.1. The van der Waals surface area contributed by atoms with Gasteiger partial charge in [-0.25, -0.2) is 4.79 Å². The highest BCUT2D eigenvalue weighted by atomic mass is 32.1. The van der Waals surface area contributed by atoms with Gasteiger partial charge in [-0.3, -0.25) is 4.90 Å². The van der Waals surface area contributed by atoms with Crippen LogP contribution in [0.3, 0.4) is 0 Å². The molecule has 1 aliphatic rings. The lowest BCUT2D eigenvalue weighted by Gasteiger charge is -2.23. The Morgan fingerprint density at radius 1 is 1.67 bits per heavy atom.